The fourth-order valence-corrected chi connectivity index (χ4v) is 3.70. The van der Waals surface area contributed by atoms with Crippen LogP contribution in [0.15, 0.2) is 29.2 Å². The average molecular weight is 379 g/mol. The van der Waals surface area contributed by atoms with Crippen molar-refractivity contribution in [3.05, 3.63) is 57.1 Å². The lowest BCUT2D eigenvalue weighted by molar-refractivity contribution is -0.122. The molecule has 0 radical (unpaired) electrons. The molecule has 28 heavy (non-hydrogen) atoms. The average Bonchev–Trinajstić information content (AvgIpc) is 3.43. The van der Waals surface area contributed by atoms with Crippen molar-refractivity contribution in [1.82, 2.24) is 24.9 Å². The molecular formula is C21H25N5O2. The third-order valence-electron chi connectivity index (χ3n) is 5.36. The first-order valence-corrected chi connectivity index (χ1v) is 9.66. The van der Waals surface area contributed by atoms with Gasteiger partial charge in [0.2, 0.25) is 5.91 Å². The summed E-state index contributed by atoms with van der Waals surface area (Å²) in [6.45, 7) is 7.72. The second kappa shape index (κ2) is 6.89. The maximum absolute atomic E-state index is 12.9. The second-order valence-electron chi connectivity index (χ2n) is 7.78. The Kier molecular flexibility index (Phi) is 4.53. The van der Waals surface area contributed by atoms with Crippen molar-refractivity contribution in [3.63, 3.8) is 0 Å². The highest BCUT2D eigenvalue weighted by Crippen LogP contribution is 2.36. The van der Waals surface area contributed by atoms with Crippen molar-refractivity contribution in [2.75, 3.05) is 0 Å². The van der Waals surface area contributed by atoms with Crippen LogP contribution in [0, 0.1) is 20.8 Å². The Morgan fingerprint density at radius 1 is 1.29 bits per heavy atom. The van der Waals surface area contributed by atoms with E-state index in [-0.39, 0.29) is 24.1 Å². The van der Waals surface area contributed by atoms with E-state index in [0.717, 1.165) is 35.0 Å². The Morgan fingerprint density at radius 3 is 2.75 bits per heavy atom. The summed E-state index contributed by atoms with van der Waals surface area (Å²) >= 11 is 0. The van der Waals surface area contributed by atoms with E-state index in [1.165, 1.54) is 4.68 Å². The summed E-state index contributed by atoms with van der Waals surface area (Å²) in [7, 11) is 0. The van der Waals surface area contributed by atoms with Gasteiger partial charge in [0.05, 0.1) is 34.9 Å². The summed E-state index contributed by atoms with van der Waals surface area (Å²) in [5.41, 5.74) is 4.52. The smallest absolute Gasteiger partial charge is 0.278 e. The van der Waals surface area contributed by atoms with Gasteiger partial charge in [0, 0.05) is 0 Å². The summed E-state index contributed by atoms with van der Waals surface area (Å²) < 4.78 is 3.12. The molecule has 3 aromatic rings. The number of nitrogens with zero attached hydrogens (tertiary/aromatic N) is 4. The van der Waals surface area contributed by atoms with Crippen molar-refractivity contribution in [2.45, 2.75) is 59.2 Å². The minimum absolute atomic E-state index is 0.113. The Morgan fingerprint density at radius 2 is 2.04 bits per heavy atom. The van der Waals surface area contributed by atoms with Gasteiger partial charge >= 0.3 is 0 Å². The minimum atomic E-state index is -0.267. The number of hydrogen-bond donors (Lipinski definition) is 1. The van der Waals surface area contributed by atoms with Gasteiger partial charge in [0.15, 0.2) is 0 Å². The molecule has 1 aliphatic carbocycles. The van der Waals surface area contributed by atoms with Gasteiger partial charge in [-0.05, 0) is 51.7 Å². The van der Waals surface area contributed by atoms with E-state index in [9.17, 15) is 9.59 Å². The third-order valence-corrected chi connectivity index (χ3v) is 5.36. The standard InChI is InChI=1S/C21H25N5O2/c1-12-5-6-13(2)17(9-12)14(3)23-19(27)11-25-21(28)20-15(4)24-26(16-7-8-16)18(20)10-22-25/h5-6,9-10,14,16H,7-8,11H2,1-4H3,(H,23,27)/t14-/m0/s1. The van der Waals surface area contributed by atoms with E-state index in [1.54, 1.807) is 6.20 Å². The summed E-state index contributed by atoms with van der Waals surface area (Å²) in [4.78, 5) is 25.4. The first-order chi connectivity index (χ1) is 13.3. The molecule has 1 aliphatic rings. The molecule has 0 bridgehead atoms. The maximum Gasteiger partial charge on any atom is 0.278 e. The van der Waals surface area contributed by atoms with Crippen LogP contribution in [0.3, 0.4) is 0 Å². The van der Waals surface area contributed by atoms with Crippen LogP contribution < -0.4 is 10.9 Å². The molecule has 1 fully saturated rings. The predicted octanol–water partition coefficient (Wildman–Crippen LogP) is 2.73. The van der Waals surface area contributed by atoms with Crippen molar-refractivity contribution in [3.8, 4) is 0 Å². The van der Waals surface area contributed by atoms with Crippen LogP contribution in [0.2, 0.25) is 0 Å². The lowest BCUT2D eigenvalue weighted by Gasteiger charge is -2.17. The van der Waals surface area contributed by atoms with E-state index in [4.69, 9.17) is 0 Å². The van der Waals surface area contributed by atoms with Gasteiger partial charge in [-0.1, -0.05) is 23.8 Å². The molecule has 0 spiro atoms. The van der Waals surface area contributed by atoms with E-state index < -0.39 is 0 Å². The summed E-state index contributed by atoms with van der Waals surface area (Å²) in [5.74, 6) is -0.241. The normalized spacial score (nSPS) is 15.0. The molecule has 0 aliphatic heterocycles. The minimum Gasteiger partial charge on any atom is -0.348 e. The van der Waals surface area contributed by atoms with Crippen LogP contribution >= 0.6 is 0 Å². The van der Waals surface area contributed by atoms with Crippen molar-refractivity contribution < 1.29 is 4.79 Å². The number of carbonyl (C=O) groups is 1. The van der Waals surface area contributed by atoms with E-state index in [2.05, 4.69) is 27.6 Å². The summed E-state index contributed by atoms with van der Waals surface area (Å²) in [5, 5.41) is 12.3. The molecule has 1 N–H and O–H groups in total. The number of hydrogen-bond acceptors (Lipinski definition) is 4. The first kappa shape index (κ1) is 18.4. The first-order valence-electron chi connectivity index (χ1n) is 9.66. The highest BCUT2D eigenvalue weighted by atomic mass is 16.2. The van der Waals surface area contributed by atoms with Crippen LogP contribution in [0.1, 0.15) is 54.2 Å². The molecule has 146 valence electrons. The van der Waals surface area contributed by atoms with E-state index in [0.29, 0.717) is 17.1 Å². The number of carbonyl (C=O) groups excluding carboxylic acids is 1. The Labute approximate surface area is 163 Å². The quantitative estimate of drug-likeness (QED) is 0.739. The van der Waals surface area contributed by atoms with Gasteiger partial charge < -0.3 is 5.32 Å². The molecule has 2 aromatic heterocycles. The van der Waals surface area contributed by atoms with Crippen LogP contribution in [0.5, 0.6) is 0 Å². The molecule has 7 heteroatoms. The number of fused-ring (bicyclic) bond motifs is 1. The highest BCUT2D eigenvalue weighted by Gasteiger charge is 2.28. The molecule has 0 saturated heterocycles. The molecule has 1 aromatic carbocycles. The zero-order chi connectivity index (χ0) is 20.0. The summed E-state index contributed by atoms with van der Waals surface area (Å²) in [6, 6.07) is 6.40. The Bertz CT molecular complexity index is 1120. The molecule has 1 saturated carbocycles. The number of aryl methyl sites for hydroxylation is 3. The van der Waals surface area contributed by atoms with E-state index >= 15 is 0 Å². The number of aromatic nitrogens is 4. The highest BCUT2D eigenvalue weighted by molar-refractivity contribution is 5.81. The zero-order valence-corrected chi connectivity index (χ0v) is 16.7. The molecule has 0 unspecified atom stereocenters. The van der Waals surface area contributed by atoms with Gasteiger partial charge in [-0.3, -0.25) is 14.3 Å². The second-order valence-corrected chi connectivity index (χ2v) is 7.78. The van der Waals surface area contributed by atoms with Gasteiger partial charge in [-0.2, -0.15) is 10.2 Å². The van der Waals surface area contributed by atoms with Gasteiger partial charge in [-0.15, -0.1) is 0 Å². The number of benzene rings is 1. The number of amides is 1. The van der Waals surface area contributed by atoms with Crippen molar-refractivity contribution in [2.24, 2.45) is 0 Å². The predicted molar refractivity (Wildman–Crippen MR) is 107 cm³/mol. The summed E-state index contributed by atoms with van der Waals surface area (Å²) in [6.07, 6.45) is 3.81. The molecule has 1 amide bonds. The Balaban J connectivity index is 1.55. The number of nitrogens with one attached hydrogen (secondary N) is 1. The van der Waals surface area contributed by atoms with Crippen LogP contribution in [-0.4, -0.2) is 25.5 Å². The van der Waals surface area contributed by atoms with Crippen LogP contribution in [0.25, 0.3) is 10.9 Å². The third kappa shape index (κ3) is 3.32. The van der Waals surface area contributed by atoms with E-state index in [1.807, 2.05) is 38.4 Å². The zero-order valence-electron chi connectivity index (χ0n) is 16.7. The fraction of sp³-hybridized carbons (Fsp3) is 0.429. The lowest BCUT2D eigenvalue weighted by atomic mass is 10.00. The van der Waals surface area contributed by atoms with Crippen LogP contribution in [0.4, 0.5) is 0 Å². The topological polar surface area (TPSA) is 81.8 Å². The van der Waals surface area contributed by atoms with Gasteiger partial charge in [0.1, 0.15) is 6.54 Å². The SMILES string of the molecule is Cc1ccc(C)c([C@H](C)NC(=O)Cn2ncc3c(c(C)nn3C3CC3)c2=O)c1. The van der Waals surface area contributed by atoms with Crippen molar-refractivity contribution >= 4 is 16.8 Å². The molecular weight excluding hydrogens is 354 g/mol. The molecule has 1 atom stereocenters. The largest absolute Gasteiger partial charge is 0.348 e. The molecule has 4 rings (SSSR count). The van der Waals surface area contributed by atoms with Crippen molar-refractivity contribution in [1.29, 1.82) is 0 Å². The molecule has 2 heterocycles. The van der Waals surface area contributed by atoms with Crippen LogP contribution in [-0.2, 0) is 11.3 Å². The van der Waals surface area contributed by atoms with Gasteiger partial charge in [-0.25, -0.2) is 4.68 Å². The number of rotatable bonds is 5. The monoisotopic (exact) mass is 379 g/mol. The Hall–Kier alpha value is -2.96. The maximum atomic E-state index is 12.9. The van der Waals surface area contributed by atoms with Gasteiger partial charge in [0.25, 0.3) is 5.56 Å². The lowest BCUT2D eigenvalue weighted by Crippen LogP contribution is -2.35. The molecule has 7 nitrogen and oxygen atoms in total. The fourth-order valence-electron chi connectivity index (χ4n) is 3.70.